The van der Waals surface area contributed by atoms with E-state index in [4.69, 9.17) is 0 Å². The first kappa shape index (κ1) is 24.6. The van der Waals surface area contributed by atoms with Crippen LogP contribution in [-0.4, -0.2) is 41.9 Å². The van der Waals surface area contributed by atoms with Gasteiger partial charge in [0, 0.05) is 24.9 Å². The van der Waals surface area contributed by atoms with Gasteiger partial charge >= 0.3 is 0 Å². The lowest BCUT2D eigenvalue weighted by Gasteiger charge is -2.45. The fraction of sp³-hybridized carbons (Fsp3) is 0.357. The van der Waals surface area contributed by atoms with E-state index in [1.165, 1.54) is 16.4 Å². The monoisotopic (exact) mass is 507 g/mol. The number of carbonyl (C=O) groups excluding carboxylic acids is 1. The number of carbonyl (C=O) groups is 1. The highest BCUT2D eigenvalue weighted by molar-refractivity contribution is 7.89. The lowest BCUT2D eigenvalue weighted by Crippen LogP contribution is -2.49. The first-order chi connectivity index (χ1) is 17.0. The van der Waals surface area contributed by atoms with E-state index in [1.54, 1.807) is 35.1 Å². The molecule has 1 aliphatic heterocycles. The van der Waals surface area contributed by atoms with Crippen LogP contribution >= 0.6 is 0 Å². The number of nitrogens with zero attached hydrogens (tertiary/aromatic N) is 3. The zero-order valence-electron chi connectivity index (χ0n) is 20.7. The lowest BCUT2D eigenvalue weighted by atomic mass is 9.67. The Morgan fingerprint density at radius 3 is 2.42 bits per heavy atom. The molecule has 0 radical (unpaired) electrons. The van der Waals surface area contributed by atoms with Crippen LogP contribution < -0.4 is 0 Å². The van der Waals surface area contributed by atoms with Crippen LogP contribution in [-0.2, 0) is 26.7 Å². The van der Waals surface area contributed by atoms with Crippen LogP contribution in [0.4, 0.5) is 4.39 Å². The summed E-state index contributed by atoms with van der Waals surface area (Å²) in [5, 5.41) is 4.52. The summed E-state index contributed by atoms with van der Waals surface area (Å²) in [4.78, 5) is 12.1. The van der Waals surface area contributed by atoms with Gasteiger partial charge in [-0.25, -0.2) is 17.5 Å². The SMILES string of the molecule is CC(C)(C)c1ccc(S(=O)(=O)N2CCC3=Cc4c(cnn4-c4ccc(F)cc4)CC3(CC=O)C2)cc1. The van der Waals surface area contributed by atoms with Crippen molar-refractivity contribution in [1.82, 2.24) is 14.1 Å². The molecule has 1 aliphatic carbocycles. The minimum absolute atomic E-state index is 0.0701. The van der Waals surface area contributed by atoms with Gasteiger partial charge in [-0.05, 0) is 71.9 Å². The van der Waals surface area contributed by atoms with Gasteiger partial charge in [-0.1, -0.05) is 38.5 Å². The summed E-state index contributed by atoms with van der Waals surface area (Å²) < 4.78 is 43.9. The second-order valence-corrected chi connectivity index (χ2v) is 12.7. The van der Waals surface area contributed by atoms with Crippen molar-refractivity contribution in [2.45, 2.75) is 50.3 Å². The van der Waals surface area contributed by atoms with E-state index in [-0.39, 0.29) is 29.1 Å². The Bertz CT molecular complexity index is 1430. The summed E-state index contributed by atoms with van der Waals surface area (Å²) in [6.45, 7) is 6.85. The zero-order valence-corrected chi connectivity index (χ0v) is 21.6. The number of fused-ring (bicyclic) bond motifs is 2. The van der Waals surface area contributed by atoms with Gasteiger partial charge in [0.2, 0.25) is 10.0 Å². The molecule has 1 fully saturated rings. The largest absolute Gasteiger partial charge is 0.303 e. The van der Waals surface area contributed by atoms with Crippen molar-refractivity contribution in [2.75, 3.05) is 13.1 Å². The van der Waals surface area contributed by atoms with Gasteiger partial charge < -0.3 is 4.79 Å². The van der Waals surface area contributed by atoms with Crippen molar-refractivity contribution in [3.63, 3.8) is 0 Å². The summed E-state index contributed by atoms with van der Waals surface area (Å²) >= 11 is 0. The molecular formula is C28H30FN3O3S. The molecule has 1 unspecified atom stereocenters. The minimum atomic E-state index is -3.72. The number of benzene rings is 2. The standard InChI is InChI=1S/C28H30FN3O3S/c1-27(2,3)21-4-10-25(11-5-21)36(34,35)31-14-12-22-16-26-20(17-28(22,19-31)13-15-33)18-30-32(26)24-8-6-23(29)7-9-24/h4-11,15-16,18H,12-14,17,19H2,1-3H3. The Morgan fingerprint density at radius 1 is 1.08 bits per heavy atom. The molecule has 5 rings (SSSR count). The van der Waals surface area contributed by atoms with Crippen molar-refractivity contribution >= 4 is 22.4 Å². The average Bonchev–Trinajstić information content (AvgIpc) is 3.24. The van der Waals surface area contributed by atoms with Crippen LogP contribution in [0.25, 0.3) is 11.8 Å². The minimum Gasteiger partial charge on any atom is -0.303 e. The molecule has 1 aromatic heterocycles. The normalized spacial score (nSPS) is 20.4. The molecule has 2 aliphatic rings. The molecule has 188 valence electrons. The smallest absolute Gasteiger partial charge is 0.243 e. The fourth-order valence-corrected chi connectivity index (χ4v) is 6.86. The predicted molar refractivity (Wildman–Crippen MR) is 137 cm³/mol. The molecular weight excluding hydrogens is 477 g/mol. The van der Waals surface area contributed by atoms with Crippen LogP contribution in [0.15, 0.2) is 65.2 Å². The Labute approximate surface area is 211 Å². The van der Waals surface area contributed by atoms with Crippen LogP contribution in [0.1, 0.15) is 50.4 Å². The number of piperidine rings is 1. The summed E-state index contributed by atoms with van der Waals surface area (Å²) in [5.41, 5.74) is 4.03. The molecule has 36 heavy (non-hydrogen) atoms. The topological polar surface area (TPSA) is 72.3 Å². The third-order valence-electron chi connectivity index (χ3n) is 7.42. The number of hydrogen-bond acceptors (Lipinski definition) is 4. The highest BCUT2D eigenvalue weighted by Gasteiger charge is 2.45. The van der Waals surface area contributed by atoms with Crippen molar-refractivity contribution in [3.8, 4) is 5.69 Å². The van der Waals surface area contributed by atoms with Crippen molar-refractivity contribution in [1.29, 1.82) is 0 Å². The van der Waals surface area contributed by atoms with E-state index < -0.39 is 15.4 Å². The second-order valence-electron chi connectivity index (χ2n) is 10.8. The van der Waals surface area contributed by atoms with Crippen molar-refractivity contribution < 1.29 is 17.6 Å². The van der Waals surface area contributed by atoms with E-state index in [0.29, 0.717) is 19.4 Å². The maximum Gasteiger partial charge on any atom is 0.243 e. The summed E-state index contributed by atoms with van der Waals surface area (Å²) in [6, 6.07) is 13.3. The third kappa shape index (κ3) is 4.22. The van der Waals surface area contributed by atoms with Crippen LogP contribution in [0.3, 0.4) is 0 Å². The van der Waals surface area contributed by atoms with Gasteiger partial charge in [-0.15, -0.1) is 0 Å². The zero-order chi connectivity index (χ0) is 25.7. The second kappa shape index (κ2) is 8.78. The molecule has 0 saturated carbocycles. The van der Waals surface area contributed by atoms with E-state index in [9.17, 15) is 17.6 Å². The lowest BCUT2D eigenvalue weighted by molar-refractivity contribution is -0.109. The van der Waals surface area contributed by atoms with Crippen LogP contribution in [0.2, 0.25) is 0 Å². The summed E-state index contributed by atoms with van der Waals surface area (Å²) in [6.07, 6.45) is 5.97. The fourth-order valence-electron chi connectivity index (χ4n) is 5.33. The third-order valence-corrected chi connectivity index (χ3v) is 9.28. The number of sulfonamides is 1. The van der Waals surface area contributed by atoms with E-state index in [0.717, 1.165) is 34.4 Å². The van der Waals surface area contributed by atoms with E-state index in [1.807, 2.05) is 18.2 Å². The number of aldehydes is 1. The molecule has 0 spiro atoms. The summed E-state index contributed by atoms with van der Waals surface area (Å²) in [7, 11) is -3.72. The highest BCUT2D eigenvalue weighted by atomic mass is 32.2. The maximum absolute atomic E-state index is 13.6. The first-order valence-corrected chi connectivity index (χ1v) is 13.6. The Hall–Kier alpha value is -3.10. The predicted octanol–water partition coefficient (Wildman–Crippen LogP) is 4.92. The molecule has 6 nitrogen and oxygen atoms in total. The van der Waals surface area contributed by atoms with Crippen molar-refractivity contribution in [2.24, 2.45) is 5.41 Å². The quantitative estimate of drug-likeness (QED) is 0.460. The number of hydrogen-bond donors (Lipinski definition) is 0. The molecule has 3 aromatic rings. The Balaban J connectivity index is 1.47. The Kier molecular flexibility index (Phi) is 6.00. The van der Waals surface area contributed by atoms with Gasteiger partial charge in [0.15, 0.2) is 0 Å². The van der Waals surface area contributed by atoms with E-state index in [2.05, 4.69) is 25.9 Å². The molecule has 0 bridgehead atoms. The van der Waals surface area contributed by atoms with E-state index >= 15 is 0 Å². The first-order valence-electron chi connectivity index (χ1n) is 12.1. The molecule has 0 amide bonds. The number of aromatic nitrogens is 2. The number of rotatable bonds is 5. The Morgan fingerprint density at radius 2 is 1.78 bits per heavy atom. The van der Waals surface area contributed by atoms with Crippen LogP contribution in [0, 0.1) is 11.2 Å². The highest BCUT2D eigenvalue weighted by Crippen LogP contribution is 2.47. The molecule has 2 aromatic carbocycles. The average molecular weight is 508 g/mol. The maximum atomic E-state index is 13.6. The molecule has 0 N–H and O–H groups in total. The van der Waals surface area contributed by atoms with Gasteiger partial charge in [0.05, 0.1) is 22.5 Å². The van der Waals surface area contributed by atoms with Gasteiger partial charge in [0.1, 0.15) is 12.1 Å². The van der Waals surface area contributed by atoms with Gasteiger partial charge in [-0.2, -0.15) is 9.40 Å². The molecule has 1 saturated heterocycles. The van der Waals surface area contributed by atoms with Crippen molar-refractivity contribution in [3.05, 3.63) is 82.9 Å². The molecule has 2 heterocycles. The van der Waals surface area contributed by atoms with Gasteiger partial charge in [0.25, 0.3) is 0 Å². The summed E-state index contributed by atoms with van der Waals surface area (Å²) in [5.74, 6) is -0.315. The molecule has 1 atom stereocenters. The molecule has 8 heteroatoms. The number of halogens is 1. The van der Waals surface area contributed by atoms with Gasteiger partial charge in [-0.3, -0.25) is 0 Å². The van der Waals surface area contributed by atoms with Crippen LogP contribution in [0.5, 0.6) is 0 Å².